The molecule has 0 aromatic heterocycles. The van der Waals surface area contributed by atoms with Crippen LogP contribution in [0.3, 0.4) is 0 Å². The molecule has 0 aliphatic carbocycles. The zero-order valence-corrected chi connectivity index (χ0v) is 11.7. The highest BCUT2D eigenvalue weighted by Crippen LogP contribution is 2.39. The van der Waals surface area contributed by atoms with E-state index in [4.69, 9.17) is 0 Å². The molecule has 0 radical (unpaired) electrons. The lowest BCUT2D eigenvalue weighted by Crippen LogP contribution is -2.34. The summed E-state index contributed by atoms with van der Waals surface area (Å²) in [4.78, 5) is 2.38. The van der Waals surface area contributed by atoms with E-state index in [9.17, 15) is 13.2 Å². The molecule has 1 nitrogen and oxygen atoms in total. The number of hydrogen-bond acceptors (Lipinski definition) is 1. The van der Waals surface area contributed by atoms with Gasteiger partial charge in [0.25, 0.3) is 0 Å². The topological polar surface area (TPSA) is 3.24 Å². The monoisotopic (exact) mass is 281 g/mol. The van der Waals surface area contributed by atoms with E-state index in [-0.39, 0.29) is 0 Å². The van der Waals surface area contributed by atoms with Crippen LogP contribution in [-0.4, -0.2) is 24.0 Å². The molecular formula is C16H18F3N. The molecule has 2 aliphatic rings. The normalized spacial score (nSPS) is 26.8. The van der Waals surface area contributed by atoms with Gasteiger partial charge < -0.3 is 0 Å². The van der Waals surface area contributed by atoms with E-state index in [1.807, 2.05) is 0 Å². The van der Waals surface area contributed by atoms with E-state index in [2.05, 4.69) is 18.0 Å². The van der Waals surface area contributed by atoms with Gasteiger partial charge in [0, 0.05) is 12.1 Å². The van der Waals surface area contributed by atoms with Crippen molar-refractivity contribution in [3.63, 3.8) is 0 Å². The van der Waals surface area contributed by atoms with Gasteiger partial charge in [-0.15, -0.1) is 0 Å². The number of rotatable bonds is 1. The van der Waals surface area contributed by atoms with Crippen molar-refractivity contribution < 1.29 is 13.2 Å². The Hall–Kier alpha value is -1.29. The summed E-state index contributed by atoms with van der Waals surface area (Å²) in [5.74, 6) is 0. The van der Waals surface area contributed by atoms with E-state index in [0.717, 1.165) is 18.4 Å². The van der Waals surface area contributed by atoms with Crippen LogP contribution in [0.15, 0.2) is 24.3 Å². The fourth-order valence-corrected chi connectivity index (χ4v) is 3.44. The van der Waals surface area contributed by atoms with Gasteiger partial charge in [0.1, 0.15) is 0 Å². The van der Waals surface area contributed by atoms with Gasteiger partial charge in [-0.2, -0.15) is 13.2 Å². The van der Waals surface area contributed by atoms with E-state index < -0.39 is 11.7 Å². The summed E-state index contributed by atoms with van der Waals surface area (Å²) < 4.78 is 38.4. The molecule has 2 atom stereocenters. The van der Waals surface area contributed by atoms with Gasteiger partial charge in [0.05, 0.1) is 5.56 Å². The van der Waals surface area contributed by atoms with E-state index >= 15 is 0 Å². The van der Waals surface area contributed by atoms with E-state index in [1.54, 1.807) is 12.1 Å². The minimum atomic E-state index is -4.26. The quantitative estimate of drug-likeness (QED) is 0.743. The second kappa shape index (κ2) is 4.62. The van der Waals surface area contributed by atoms with Gasteiger partial charge in [-0.1, -0.05) is 18.2 Å². The van der Waals surface area contributed by atoms with Crippen LogP contribution in [0.4, 0.5) is 13.2 Å². The molecule has 0 spiro atoms. The maximum Gasteiger partial charge on any atom is 0.416 e. The lowest BCUT2D eigenvalue weighted by Gasteiger charge is -2.30. The van der Waals surface area contributed by atoms with Gasteiger partial charge in [-0.3, -0.25) is 4.90 Å². The van der Waals surface area contributed by atoms with Crippen molar-refractivity contribution in [2.75, 3.05) is 7.05 Å². The van der Waals surface area contributed by atoms with Crippen molar-refractivity contribution >= 4 is 5.57 Å². The number of likely N-dealkylation sites (N-methyl/N-ethyl adjacent to an activating group) is 1. The van der Waals surface area contributed by atoms with Crippen molar-refractivity contribution in [3.05, 3.63) is 41.0 Å². The van der Waals surface area contributed by atoms with E-state index in [0.29, 0.717) is 17.6 Å². The minimum Gasteiger partial charge on any atom is -0.297 e. The van der Waals surface area contributed by atoms with Gasteiger partial charge >= 0.3 is 6.18 Å². The first-order chi connectivity index (χ1) is 9.36. The standard InChI is InChI=1S/C16H18F3N/c1-10-7-11(3-6-15(10)16(17,18)19)12-8-13-4-5-14(9-12)20(13)2/h3,6-8,13-14H,4-5,9H2,1-2H3. The SMILES string of the molecule is Cc1cc(C2=CC3CCC(C2)N3C)ccc1C(F)(F)F. The van der Waals surface area contributed by atoms with Crippen molar-refractivity contribution in [1.82, 2.24) is 4.90 Å². The van der Waals surface area contributed by atoms with Crippen LogP contribution < -0.4 is 0 Å². The fourth-order valence-electron chi connectivity index (χ4n) is 3.44. The maximum absolute atomic E-state index is 12.8. The van der Waals surface area contributed by atoms with Crippen LogP contribution in [0, 0.1) is 6.92 Å². The summed E-state index contributed by atoms with van der Waals surface area (Å²) in [5, 5.41) is 0. The summed E-state index contributed by atoms with van der Waals surface area (Å²) in [6.45, 7) is 1.54. The van der Waals surface area contributed by atoms with Crippen LogP contribution in [0.1, 0.15) is 36.0 Å². The molecule has 3 rings (SSSR count). The molecule has 2 heterocycles. The van der Waals surface area contributed by atoms with E-state index in [1.165, 1.54) is 25.0 Å². The summed E-state index contributed by atoms with van der Waals surface area (Å²) >= 11 is 0. The van der Waals surface area contributed by atoms with Crippen LogP contribution in [0.25, 0.3) is 5.57 Å². The highest BCUT2D eigenvalue weighted by molar-refractivity contribution is 5.69. The third-order valence-corrected chi connectivity index (χ3v) is 4.65. The molecule has 1 aromatic carbocycles. The van der Waals surface area contributed by atoms with Gasteiger partial charge in [-0.05, 0) is 56.0 Å². The lowest BCUT2D eigenvalue weighted by atomic mass is 9.92. The minimum absolute atomic E-state index is 0.308. The second-order valence-electron chi connectivity index (χ2n) is 5.89. The average molecular weight is 281 g/mol. The van der Waals surface area contributed by atoms with Crippen LogP contribution >= 0.6 is 0 Å². The van der Waals surface area contributed by atoms with Crippen molar-refractivity contribution in [1.29, 1.82) is 0 Å². The molecule has 2 aliphatic heterocycles. The van der Waals surface area contributed by atoms with Crippen molar-refractivity contribution in [2.24, 2.45) is 0 Å². The molecule has 2 bridgehead atoms. The largest absolute Gasteiger partial charge is 0.416 e. The molecule has 2 unspecified atom stereocenters. The zero-order chi connectivity index (χ0) is 14.5. The Morgan fingerprint density at radius 1 is 1.20 bits per heavy atom. The third kappa shape index (κ3) is 2.26. The number of aryl methyl sites for hydroxylation is 1. The highest BCUT2D eigenvalue weighted by Gasteiger charge is 2.35. The molecule has 20 heavy (non-hydrogen) atoms. The molecule has 1 fully saturated rings. The molecule has 1 aromatic rings. The smallest absolute Gasteiger partial charge is 0.297 e. The number of benzene rings is 1. The predicted octanol–water partition coefficient (Wildman–Crippen LogP) is 4.26. The highest BCUT2D eigenvalue weighted by atomic mass is 19.4. The number of fused-ring (bicyclic) bond motifs is 2. The number of halogens is 3. The lowest BCUT2D eigenvalue weighted by molar-refractivity contribution is -0.138. The van der Waals surface area contributed by atoms with Crippen molar-refractivity contribution in [2.45, 2.75) is 44.4 Å². The van der Waals surface area contributed by atoms with Crippen LogP contribution in [0.2, 0.25) is 0 Å². The predicted molar refractivity (Wildman–Crippen MR) is 73.3 cm³/mol. The number of hydrogen-bond donors (Lipinski definition) is 0. The maximum atomic E-state index is 12.8. The molecule has 1 saturated heterocycles. The van der Waals surface area contributed by atoms with Crippen LogP contribution in [0.5, 0.6) is 0 Å². The Morgan fingerprint density at radius 3 is 2.55 bits per heavy atom. The third-order valence-electron chi connectivity index (χ3n) is 4.65. The Labute approximate surface area is 117 Å². The Balaban J connectivity index is 1.93. The Kier molecular flexibility index (Phi) is 3.16. The average Bonchev–Trinajstić information content (AvgIpc) is 2.61. The summed E-state index contributed by atoms with van der Waals surface area (Å²) in [6, 6.07) is 5.51. The van der Waals surface area contributed by atoms with Gasteiger partial charge in [0.15, 0.2) is 0 Å². The fraction of sp³-hybridized carbons (Fsp3) is 0.500. The summed E-state index contributed by atoms with van der Waals surface area (Å²) in [7, 11) is 2.13. The van der Waals surface area contributed by atoms with Gasteiger partial charge in [-0.25, -0.2) is 0 Å². The van der Waals surface area contributed by atoms with Crippen LogP contribution in [-0.2, 0) is 6.18 Å². The number of nitrogens with zero attached hydrogens (tertiary/aromatic N) is 1. The molecule has 4 heteroatoms. The number of alkyl halides is 3. The Morgan fingerprint density at radius 2 is 1.95 bits per heavy atom. The van der Waals surface area contributed by atoms with Crippen molar-refractivity contribution in [3.8, 4) is 0 Å². The first-order valence-corrected chi connectivity index (χ1v) is 6.97. The summed E-state index contributed by atoms with van der Waals surface area (Å²) in [5.41, 5.74) is 1.92. The first-order valence-electron chi connectivity index (χ1n) is 6.97. The first kappa shape index (κ1) is 13.7. The summed E-state index contributed by atoms with van der Waals surface area (Å²) in [6.07, 6.45) is 1.25. The van der Waals surface area contributed by atoms with Gasteiger partial charge in [0.2, 0.25) is 0 Å². The molecule has 0 amide bonds. The second-order valence-corrected chi connectivity index (χ2v) is 5.89. The Bertz CT molecular complexity index is 559. The molecule has 0 N–H and O–H groups in total. The molecule has 0 saturated carbocycles. The molecule has 108 valence electrons. The molecular weight excluding hydrogens is 263 g/mol. The zero-order valence-electron chi connectivity index (χ0n) is 11.7.